The Bertz CT molecular complexity index is 1140. The first kappa shape index (κ1) is 21.3. The molecule has 0 aliphatic rings. The zero-order chi connectivity index (χ0) is 21.7. The van der Waals surface area contributed by atoms with Gasteiger partial charge in [-0.2, -0.15) is 0 Å². The Morgan fingerprint density at radius 2 is 1.87 bits per heavy atom. The Morgan fingerprint density at radius 1 is 1.07 bits per heavy atom. The zero-order valence-electron chi connectivity index (χ0n) is 17.3. The largest absolute Gasteiger partial charge is 0.466 e. The van der Waals surface area contributed by atoms with E-state index in [-0.39, 0.29) is 18.1 Å². The van der Waals surface area contributed by atoms with Crippen molar-refractivity contribution >= 4 is 22.9 Å². The number of carbonyl (C=O) groups excluding carboxylic acids is 2. The minimum Gasteiger partial charge on any atom is -0.466 e. The number of hydrogen-bond donors (Lipinski definition) is 0. The van der Waals surface area contributed by atoms with Crippen LogP contribution in [0.25, 0.3) is 11.0 Å². The average molecular weight is 408 g/mol. The van der Waals surface area contributed by atoms with Gasteiger partial charge in [0.05, 0.1) is 12.2 Å². The Morgan fingerprint density at radius 3 is 2.60 bits per heavy atom. The fourth-order valence-corrected chi connectivity index (χ4v) is 3.14. The van der Waals surface area contributed by atoms with Gasteiger partial charge in [-0.15, -0.1) is 0 Å². The molecule has 2 aromatic carbocycles. The van der Waals surface area contributed by atoms with Gasteiger partial charge in [-0.25, -0.2) is 9.59 Å². The summed E-state index contributed by atoms with van der Waals surface area (Å²) in [4.78, 5) is 36.4. The van der Waals surface area contributed by atoms with Gasteiger partial charge >= 0.3 is 17.6 Å². The Hall–Kier alpha value is -3.41. The molecule has 0 fully saturated rings. The van der Waals surface area contributed by atoms with E-state index in [4.69, 9.17) is 13.9 Å². The van der Waals surface area contributed by atoms with Crippen LogP contribution in [-0.2, 0) is 16.0 Å². The summed E-state index contributed by atoms with van der Waals surface area (Å²) in [6, 6.07) is 11.8. The van der Waals surface area contributed by atoms with Crippen molar-refractivity contribution < 1.29 is 23.5 Å². The van der Waals surface area contributed by atoms with Crippen molar-refractivity contribution in [2.24, 2.45) is 0 Å². The summed E-state index contributed by atoms with van der Waals surface area (Å²) in [5.74, 6) is -0.585. The molecule has 6 nitrogen and oxygen atoms in total. The van der Waals surface area contributed by atoms with Crippen LogP contribution in [0.15, 0.2) is 51.7 Å². The van der Waals surface area contributed by atoms with Crippen LogP contribution < -0.4 is 10.4 Å². The summed E-state index contributed by atoms with van der Waals surface area (Å²) in [6.45, 7) is 5.99. The molecule has 0 saturated heterocycles. The molecule has 30 heavy (non-hydrogen) atoms. The molecule has 0 radical (unpaired) electrons. The van der Waals surface area contributed by atoms with Gasteiger partial charge in [0.2, 0.25) is 0 Å². The molecule has 0 atom stereocenters. The van der Waals surface area contributed by atoms with Gasteiger partial charge in [0.25, 0.3) is 0 Å². The third-order valence-electron chi connectivity index (χ3n) is 4.65. The first-order chi connectivity index (χ1) is 14.4. The molecule has 3 rings (SSSR count). The Balaban J connectivity index is 1.95. The van der Waals surface area contributed by atoms with Gasteiger partial charge in [0.15, 0.2) is 0 Å². The van der Waals surface area contributed by atoms with Crippen molar-refractivity contribution in [1.29, 1.82) is 0 Å². The lowest BCUT2D eigenvalue weighted by molar-refractivity contribution is -0.143. The number of ether oxygens (including phenoxy) is 2. The van der Waals surface area contributed by atoms with E-state index in [0.717, 1.165) is 22.9 Å². The van der Waals surface area contributed by atoms with Crippen LogP contribution in [-0.4, -0.2) is 18.5 Å². The van der Waals surface area contributed by atoms with Crippen molar-refractivity contribution in [3.05, 3.63) is 75.1 Å². The second kappa shape index (κ2) is 9.39. The fraction of sp³-hybridized carbons (Fsp3) is 0.292. The van der Waals surface area contributed by atoms with E-state index in [0.29, 0.717) is 29.7 Å². The zero-order valence-corrected chi connectivity index (χ0v) is 17.3. The lowest BCUT2D eigenvalue weighted by atomic mass is 10.0. The number of esters is 2. The highest BCUT2D eigenvalue weighted by atomic mass is 16.5. The molecule has 0 aliphatic carbocycles. The Kier molecular flexibility index (Phi) is 6.67. The Labute approximate surface area is 174 Å². The van der Waals surface area contributed by atoms with Crippen LogP contribution in [0.2, 0.25) is 0 Å². The summed E-state index contributed by atoms with van der Waals surface area (Å²) >= 11 is 0. The lowest BCUT2D eigenvalue weighted by Crippen LogP contribution is -2.12. The van der Waals surface area contributed by atoms with Crippen LogP contribution in [0.1, 0.15) is 46.8 Å². The maximum atomic E-state index is 12.7. The summed E-state index contributed by atoms with van der Waals surface area (Å²) in [7, 11) is 0. The second-order valence-corrected chi connectivity index (χ2v) is 7.18. The molecule has 0 amide bonds. The quantitative estimate of drug-likeness (QED) is 0.325. The highest BCUT2D eigenvalue weighted by molar-refractivity contribution is 5.92. The molecule has 0 unspecified atom stereocenters. The first-order valence-corrected chi connectivity index (χ1v) is 9.89. The molecule has 6 heteroatoms. The molecule has 0 bridgehead atoms. The fourth-order valence-electron chi connectivity index (χ4n) is 3.14. The van der Waals surface area contributed by atoms with Crippen molar-refractivity contribution in [2.75, 3.05) is 6.61 Å². The normalized spacial score (nSPS) is 10.8. The minimum absolute atomic E-state index is 0.149. The summed E-state index contributed by atoms with van der Waals surface area (Å²) in [5.41, 5.74) is 2.59. The van der Waals surface area contributed by atoms with Gasteiger partial charge in [0.1, 0.15) is 11.3 Å². The van der Waals surface area contributed by atoms with Crippen molar-refractivity contribution in [2.45, 2.75) is 40.0 Å². The number of carbonyl (C=O) groups is 2. The second-order valence-electron chi connectivity index (χ2n) is 7.18. The highest BCUT2D eigenvalue weighted by Crippen LogP contribution is 2.29. The highest BCUT2D eigenvalue weighted by Gasteiger charge is 2.16. The maximum Gasteiger partial charge on any atom is 0.343 e. The van der Waals surface area contributed by atoms with Gasteiger partial charge in [0, 0.05) is 23.9 Å². The van der Waals surface area contributed by atoms with Gasteiger partial charge in [-0.05, 0) is 56.0 Å². The van der Waals surface area contributed by atoms with Crippen molar-refractivity contribution in [3.63, 3.8) is 0 Å². The predicted octanol–water partition coefficient (Wildman–Crippen LogP) is 4.51. The van der Waals surface area contributed by atoms with Crippen LogP contribution >= 0.6 is 0 Å². The van der Waals surface area contributed by atoms with Crippen LogP contribution in [0.3, 0.4) is 0 Å². The number of benzene rings is 2. The number of rotatable bonds is 7. The first-order valence-electron chi connectivity index (χ1n) is 9.89. The van der Waals surface area contributed by atoms with Gasteiger partial charge in [-0.3, -0.25) is 4.79 Å². The van der Waals surface area contributed by atoms with E-state index in [9.17, 15) is 14.4 Å². The van der Waals surface area contributed by atoms with E-state index in [1.54, 1.807) is 31.2 Å². The number of aryl methyl sites for hydroxylation is 3. The van der Waals surface area contributed by atoms with E-state index < -0.39 is 11.6 Å². The maximum absolute atomic E-state index is 12.7. The van der Waals surface area contributed by atoms with Crippen LogP contribution in [0.4, 0.5) is 0 Å². The summed E-state index contributed by atoms with van der Waals surface area (Å²) in [5, 5.41) is 0.724. The van der Waals surface area contributed by atoms with Crippen LogP contribution in [0, 0.1) is 13.8 Å². The molecule has 156 valence electrons. The third kappa shape index (κ3) is 5.14. The summed E-state index contributed by atoms with van der Waals surface area (Å²) in [6.07, 6.45) is 1.23. The standard InChI is InChI=1S/C24H24O6/c1-4-10-28-22(25)9-8-17-13-19-16(3)12-23(26)29-21(19)14-20(17)30-24(27)18-7-5-6-15(2)11-18/h5-7,11-14H,4,8-10H2,1-3H3. The minimum atomic E-state index is -0.525. The van der Waals surface area contributed by atoms with Crippen LogP contribution in [0.5, 0.6) is 5.75 Å². The van der Waals surface area contributed by atoms with Crippen molar-refractivity contribution in [3.8, 4) is 5.75 Å². The number of fused-ring (bicyclic) bond motifs is 1. The molecule has 0 aliphatic heterocycles. The summed E-state index contributed by atoms with van der Waals surface area (Å²) < 4.78 is 16.1. The molecular formula is C24H24O6. The molecule has 1 heterocycles. The smallest absolute Gasteiger partial charge is 0.343 e. The van der Waals surface area contributed by atoms with Crippen molar-refractivity contribution in [1.82, 2.24) is 0 Å². The van der Waals surface area contributed by atoms with E-state index in [2.05, 4.69) is 0 Å². The number of hydrogen-bond acceptors (Lipinski definition) is 6. The third-order valence-corrected chi connectivity index (χ3v) is 4.65. The van der Waals surface area contributed by atoms with E-state index >= 15 is 0 Å². The molecule has 1 aromatic heterocycles. The van der Waals surface area contributed by atoms with Gasteiger partial charge in [-0.1, -0.05) is 24.6 Å². The molecule has 0 spiro atoms. The molecule has 0 N–H and O–H groups in total. The monoisotopic (exact) mass is 408 g/mol. The average Bonchev–Trinajstić information content (AvgIpc) is 2.70. The predicted molar refractivity (Wildman–Crippen MR) is 113 cm³/mol. The topological polar surface area (TPSA) is 82.8 Å². The molecule has 3 aromatic rings. The van der Waals surface area contributed by atoms with E-state index in [1.807, 2.05) is 19.9 Å². The molecule has 0 saturated carbocycles. The van der Waals surface area contributed by atoms with Gasteiger partial charge < -0.3 is 13.9 Å². The molecular weight excluding hydrogens is 384 g/mol. The lowest BCUT2D eigenvalue weighted by Gasteiger charge is -2.12. The van der Waals surface area contributed by atoms with E-state index in [1.165, 1.54) is 12.1 Å². The SMILES string of the molecule is CCCOC(=O)CCc1cc2c(C)cc(=O)oc2cc1OC(=O)c1cccc(C)c1.